The fourth-order valence-electron chi connectivity index (χ4n) is 1.99. The molecule has 0 aromatic heterocycles. The summed E-state index contributed by atoms with van der Waals surface area (Å²) < 4.78 is 11.9. The maximum absolute atomic E-state index is 5.93. The molecule has 1 aliphatic heterocycles. The summed E-state index contributed by atoms with van der Waals surface area (Å²) in [5.74, 6) is 0. The minimum Gasteiger partial charge on any atom is -0.409 e. The number of hydrogen-bond acceptors (Lipinski definition) is 2. The normalized spacial score (nSPS) is 26.1. The first kappa shape index (κ1) is 11.9. The van der Waals surface area contributed by atoms with Crippen molar-refractivity contribution in [1.29, 1.82) is 0 Å². The van der Waals surface area contributed by atoms with Gasteiger partial charge in [0.2, 0.25) is 0 Å². The van der Waals surface area contributed by atoms with Gasteiger partial charge in [-0.15, -0.1) is 0 Å². The molecule has 2 rings (SSSR count). The summed E-state index contributed by atoms with van der Waals surface area (Å²) in [5.41, 5.74) is 0. The molecule has 0 radical (unpaired) electrons. The molecule has 86 valence electrons. The highest BCUT2D eigenvalue weighted by molar-refractivity contribution is 7.33. The van der Waals surface area contributed by atoms with Crippen LogP contribution in [0.1, 0.15) is 13.8 Å². The van der Waals surface area contributed by atoms with Crippen LogP contribution in [0.3, 0.4) is 0 Å². The first-order valence-electron chi connectivity index (χ1n) is 5.88. The van der Waals surface area contributed by atoms with E-state index in [0.717, 1.165) is 0 Å². The van der Waals surface area contributed by atoms with Crippen LogP contribution in [0.4, 0.5) is 0 Å². The lowest BCUT2D eigenvalue weighted by Gasteiger charge is -2.24. The summed E-state index contributed by atoms with van der Waals surface area (Å²) in [6.07, 6.45) is 0.418. The first-order chi connectivity index (χ1) is 7.51. The molecule has 0 bridgehead atoms. The molecule has 1 saturated heterocycles. The molecule has 0 saturated carbocycles. The van der Waals surface area contributed by atoms with Gasteiger partial charge in [0.15, 0.2) is 0 Å². The van der Waals surface area contributed by atoms with Gasteiger partial charge in [0, 0.05) is 0 Å². The number of rotatable bonds is 2. The Labute approximate surface area is 99.1 Å². The van der Waals surface area contributed by atoms with Crippen molar-refractivity contribution in [3.05, 3.63) is 30.3 Å². The van der Waals surface area contributed by atoms with Crippen LogP contribution in [0.15, 0.2) is 30.3 Å². The Hall–Kier alpha value is -0.578. The van der Waals surface area contributed by atoms with Crippen LogP contribution in [0.25, 0.3) is 0 Å². The SMILES string of the molecule is C[C@H]1OB([Si](C)(C)c2ccccc2)O[C@@H]1C. The molecule has 4 heteroatoms. The van der Waals surface area contributed by atoms with Crippen molar-refractivity contribution in [1.82, 2.24) is 0 Å². The van der Waals surface area contributed by atoms with E-state index in [2.05, 4.69) is 57.3 Å². The molecule has 0 N–H and O–H groups in total. The van der Waals surface area contributed by atoms with E-state index < -0.39 is 7.94 Å². The van der Waals surface area contributed by atoms with E-state index in [0.29, 0.717) is 0 Å². The van der Waals surface area contributed by atoms with Crippen LogP contribution in [0.2, 0.25) is 13.1 Å². The maximum atomic E-state index is 5.93. The van der Waals surface area contributed by atoms with Crippen LogP contribution in [-0.4, -0.2) is 26.9 Å². The zero-order valence-electron chi connectivity index (χ0n) is 10.4. The Bertz CT molecular complexity index is 345. The fraction of sp³-hybridized carbons (Fsp3) is 0.500. The van der Waals surface area contributed by atoms with Crippen LogP contribution in [0, 0.1) is 0 Å². The van der Waals surface area contributed by atoms with Crippen LogP contribution in [-0.2, 0) is 9.31 Å². The van der Waals surface area contributed by atoms with E-state index in [-0.39, 0.29) is 18.9 Å². The van der Waals surface area contributed by atoms with E-state index in [4.69, 9.17) is 9.31 Å². The highest BCUT2D eigenvalue weighted by atomic mass is 28.3. The largest absolute Gasteiger partial charge is 0.438 e. The highest BCUT2D eigenvalue weighted by Crippen LogP contribution is 2.22. The second-order valence-electron chi connectivity index (χ2n) is 5.10. The maximum Gasteiger partial charge on any atom is 0.438 e. The number of hydrogen-bond donors (Lipinski definition) is 0. The van der Waals surface area contributed by atoms with Gasteiger partial charge in [-0.25, -0.2) is 0 Å². The quantitative estimate of drug-likeness (QED) is 0.728. The van der Waals surface area contributed by atoms with Gasteiger partial charge >= 0.3 is 6.71 Å². The van der Waals surface area contributed by atoms with Crippen molar-refractivity contribution in [3.8, 4) is 0 Å². The molecule has 1 aliphatic rings. The van der Waals surface area contributed by atoms with Crippen molar-refractivity contribution >= 4 is 19.8 Å². The van der Waals surface area contributed by atoms with Gasteiger partial charge in [-0.2, -0.15) is 0 Å². The molecule has 2 nitrogen and oxygen atoms in total. The number of benzene rings is 1. The Kier molecular flexibility index (Phi) is 3.24. The van der Waals surface area contributed by atoms with Crippen molar-refractivity contribution in [2.45, 2.75) is 39.1 Å². The van der Waals surface area contributed by atoms with E-state index in [1.807, 2.05) is 0 Å². The van der Waals surface area contributed by atoms with Gasteiger partial charge in [0.25, 0.3) is 0 Å². The van der Waals surface area contributed by atoms with Crippen LogP contribution < -0.4 is 5.19 Å². The summed E-state index contributed by atoms with van der Waals surface area (Å²) in [6, 6.07) is 10.6. The Morgan fingerprint density at radius 2 is 1.50 bits per heavy atom. The molecule has 1 fully saturated rings. The monoisotopic (exact) mass is 234 g/mol. The standard InChI is InChI=1S/C12H19BO2Si/c1-10-11(2)15-13(14-10)16(3,4)12-8-6-5-7-9-12/h5-11H,1-4H3/t10-,11-/m1/s1. The second kappa shape index (κ2) is 4.36. The molecule has 16 heavy (non-hydrogen) atoms. The predicted octanol–water partition coefficient (Wildman–Crippen LogP) is 1.99. The third-order valence-electron chi connectivity index (χ3n) is 3.44. The minimum atomic E-state index is -1.67. The summed E-state index contributed by atoms with van der Waals surface area (Å²) >= 11 is 0. The average molecular weight is 234 g/mol. The Morgan fingerprint density at radius 3 is 2.00 bits per heavy atom. The Morgan fingerprint density at radius 1 is 1.00 bits per heavy atom. The zero-order valence-corrected chi connectivity index (χ0v) is 11.4. The summed E-state index contributed by atoms with van der Waals surface area (Å²) in [6.45, 7) is 8.76. The second-order valence-corrected chi connectivity index (χ2v) is 9.59. The van der Waals surface area contributed by atoms with Gasteiger partial charge in [-0.05, 0) is 13.8 Å². The van der Waals surface area contributed by atoms with E-state index in [9.17, 15) is 0 Å². The first-order valence-corrected chi connectivity index (χ1v) is 8.96. The molecule has 0 aliphatic carbocycles. The average Bonchev–Trinajstić information content (AvgIpc) is 2.61. The van der Waals surface area contributed by atoms with Crippen LogP contribution in [0.5, 0.6) is 0 Å². The highest BCUT2D eigenvalue weighted by Gasteiger charge is 2.48. The topological polar surface area (TPSA) is 18.5 Å². The van der Waals surface area contributed by atoms with E-state index in [1.165, 1.54) is 5.19 Å². The van der Waals surface area contributed by atoms with Gasteiger partial charge in [-0.1, -0.05) is 48.6 Å². The molecular formula is C12H19BO2Si. The lowest BCUT2D eigenvalue weighted by atomic mass is 10.3. The molecule has 0 unspecified atom stereocenters. The van der Waals surface area contributed by atoms with Crippen molar-refractivity contribution in [3.63, 3.8) is 0 Å². The Balaban J connectivity index is 2.20. The van der Waals surface area contributed by atoms with E-state index >= 15 is 0 Å². The van der Waals surface area contributed by atoms with Crippen molar-refractivity contribution in [2.75, 3.05) is 0 Å². The predicted molar refractivity (Wildman–Crippen MR) is 70.4 cm³/mol. The third kappa shape index (κ3) is 2.10. The summed E-state index contributed by atoms with van der Waals surface area (Å²) in [5, 5.41) is 1.39. The van der Waals surface area contributed by atoms with Gasteiger partial charge in [-0.3, -0.25) is 0 Å². The molecular weight excluding hydrogens is 215 g/mol. The molecule has 0 amide bonds. The fourth-order valence-corrected chi connectivity index (χ4v) is 4.42. The smallest absolute Gasteiger partial charge is 0.409 e. The van der Waals surface area contributed by atoms with E-state index in [1.54, 1.807) is 0 Å². The third-order valence-corrected chi connectivity index (χ3v) is 6.72. The minimum absolute atomic E-state index is 0.0140. The lowest BCUT2D eigenvalue weighted by molar-refractivity contribution is 0.187. The molecule has 1 aromatic rings. The van der Waals surface area contributed by atoms with Gasteiger partial charge in [0.1, 0.15) is 7.94 Å². The lowest BCUT2D eigenvalue weighted by Crippen LogP contribution is -2.57. The molecule has 2 atom stereocenters. The van der Waals surface area contributed by atoms with Crippen molar-refractivity contribution < 1.29 is 9.31 Å². The summed E-state index contributed by atoms with van der Waals surface area (Å²) in [7, 11) is -1.67. The van der Waals surface area contributed by atoms with Crippen LogP contribution >= 0.6 is 0 Å². The molecule has 1 heterocycles. The van der Waals surface area contributed by atoms with Gasteiger partial charge in [0.05, 0.1) is 12.2 Å². The zero-order chi connectivity index (χ0) is 11.8. The molecule has 1 aromatic carbocycles. The summed E-state index contributed by atoms with van der Waals surface area (Å²) in [4.78, 5) is 0. The van der Waals surface area contributed by atoms with Gasteiger partial charge < -0.3 is 9.31 Å². The van der Waals surface area contributed by atoms with Crippen molar-refractivity contribution in [2.24, 2.45) is 0 Å². The molecule has 0 spiro atoms.